The molecule has 2 aromatic rings. The Labute approximate surface area is 158 Å². The summed E-state index contributed by atoms with van der Waals surface area (Å²) in [5, 5.41) is 8.40. The minimum Gasteiger partial charge on any atom is -0.512 e. The molecule has 0 aliphatic rings. The van der Waals surface area contributed by atoms with Crippen molar-refractivity contribution in [2.24, 2.45) is 0 Å². The van der Waals surface area contributed by atoms with E-state index in [0.29, 0.717) is 0 Å². The molecule has 0 saturated carbocycles. The van der Waals surface area contributed by atoms with Gasteiger partial charge in [-0.05, 0) is 24.1 Å². The van der Waals surface area contributed by atoms with Gasteiger partial charge in [-0.1, -0.05) is 32.9 Å². The Morgan fingerprint density at radius 1 is 1.17 bits per heavy atom. The Kier molecular flexibility index (Phi) is 9.42. The first-order valence-electron chi connectivity index (χ1n) is 7.53. The first-order chi connectivity index (χ1) is 10.7. The SMILES string of the molecule is CC(=[OH+])C=C(C)O.CC(C)(C)c1c[c-]c(-c2ccccn2)cc1.[Ir]. The summed E-state index contributed by atoms with van der Waals surface area (Å²) in [4.78, 5) is 12.7. The van der Waals surface area contributed by atoms with Gasteiger partial charge in [-0.15, -0.1) is 35.4 Å². The first kappa shape index (κ1) is 22.2. The molecule has 0 fully saturated rings. The van der Waals surface area contributed by atoms with Gasteiger partial charge in [0.05, 0.1) is 18.8 Å². The quantitative estimate of drug-likeness (QED) is 0.276. The molecule has 1 aromatic heterocycles. The Balaban J connectivity index is 0.000000570. The van der Waals surface area contributed by atoms with Crippen LogP contribution >= 0.6 is 0 Å². The molecule has 1 radical (unpaired) electrons. The second kappa shape index (κ2) is 10.2. The van der Waals surface area contributed by atoms with Crippen molar-refractivity contribution in [2.45, 2.75) is 40.0 Å². The van der Waals surface area contributed by atoms with Gasteiger partial charge in [0.1, 0.15) is 0 Å². The number of hydrogen-bond donors (Lipinski definition) is 1. The fraction of sp³-hybridized carbons (Fsp3) is 0.300. The number of ketones is 1. The molecule has 0 spiro atoms. The van der Waals surface area contributed by atoms with E-state index < -0.39 is 0 Å². The van der Waals surface area contributed by atoms with Crippen LogP contribution in [0.1, 0.15) is 40.2 Å². The molecule has 0 bridgehead atoms. The van der Waals surface area contributed by atoms with Crippen molar-refractivity contribution in [3.8, 4) is 11.3 Å². The van der Waals surface area contributed by atoms with Crippen molar-refractivity contribution >= 4 is 5.78 Å². The predicted octanol–water partition coefficient (Wildman–Crippen LogP) is 4.86. The van der Waals surface area contributed by atoms with E-state index >= 15 is 0 Å². The van der Waals surface area contributed by atoms with Gasteiger partial charge in [-0.2, -0.15) is 0 Å². The molecule has 0 atom stereocenters. The standard InChI is InChI=1S/C15H16N.C5H8O2.Ir/c1-15(2,3)13-9-7-12(8-10-13)14-6-4-5-11-16-14;1-4(6)3-5(2)7;/h4-7,9-11H,1-3H3;3,6H,1-2H3;/q-1;;/p+1. The van der Waals surface area contributed by atoms with Crippen LogP contribution in [-0.2, 0) is 25.5 Å². The number of nitrogens with zero attached hydrogens (tertiary/aromatic N) is 1. The fourth-order valence-corrected chi connectivity index (χ4v) is 1.88. The van der Waals surface area contributed by atoms with Gasteiger partial charge in [0.15, 0.2) is 0 Å². The monoisotopic (exact) mass is 504 g/mol. The number of aliphatic hydroxyl groups excluding tert-OH is 1. The average molecular weight is 504 g/mol. The van der Waals surface area contributed by atoms with E-state index in [-0.39, 0.29) is 37.1 Å². The molecule has 2 N–H and O–H groups in total. The van der Waals surface area contributed by atoms with E-state index in [4.69, 9.17) is 9.90 Å². The molecule has 0 aliphatic heterocycles. The first-order valence-corrected chi connectivity index (χ1v) is 7.53. The zero-order valence-electron chi connectivity index (χ0n) is 14.8. The van der Waals surface area contributed by atoms with Crippen LogP contribution in [0.3, 0.4) is 0 Å². The summed E-state index contributed by atoms with van der Waals surface area (Å²) in [5.74, 6) is 0.250. The maximum Gasteiger partial charge on any atom is 0.316 e. The molecule has 1 heterocycles. The maximum absolute atomic E-state index is 8.40. The second-order valence-corrected chi connectivity index (χ2v) is 6.38. The summed E-state index contributed by atoms with van der Waals surface area (Å²) < 4.78 is 0. The summed E-state index contributed by atoms with van der Waals surface area (Å²) in [5.41, 5.74) is 3.50. The number of rotatable bonds is 2. The molecule has 0 unspecified atom stereocenters. The van der Waals surface area contributed by atoms with Crippen LogP contribution in [0.4, 0.5) is 0 Å². The van der Waals surface area contributed by atoms with Crippen LogP contribution in [0.2, 0.25) is 0 Å². The van der Waals surface area contributed by atoms with E-state index in [9.17, 15) is 0 Å². The zero-order valence-corrected chi connectivity index (χ0v) is 17.2. The van der Waals surface area contributed by atoms with Gasteiger partial charge >= 0.3 is 5.78 Å². The van der Waals surface area contributed by atoms with Crippen molar-refractivity contribution in [1.82, 2.24) is 4.98 Å². The largest absolute Gasteiger partial charge is 0.512 e. The van der Waals surface area contributed by atoms with E-state index in [1.165, 1.54) is 25.5 Å². The third kappa shape index (κ3) is 8.19. The van der Waals surface area contributed by atoms with Crippen LogP contribution in [0.15, 0.2) is 54.4 Å². The van der Waals surface area contributed by atoms with Crippen LogP contribution in [0.25, 0.3) is 11.3 Å². The topological polar surface area (TPSA) is 54.5 Å². The number of aliphatic hydroxyl groups is 1. The number of benzene rings is 1. The number of hydrogen-bond acceptors (Lipinski definition) is 2. The summed E-state index contributed by atoms with van der Waals surface area (Å²) in [6, 6.07) is 15.5. The van der Waals surface area contributed by atoms with E-state index in [1.807, 2.05) is 18.2 Å². The maximum atomic E-state index is 8.40. The summed E-state index contributed by atoms with van der Waals surface area (Å²) in [6.45, 7) is 9.61. The Hall–Kier alpha value is -1.77. The van der Waals surface area contributed by atoms with Crippen molar-refractivity contribution in [2.75, 3.05) is 0 Å². The van der Waals surface area contributed by atoms with Gasteiger partial charge in [0.2, 0.25) is 0 Å². The third-order valence-electron chi connectivity index (χ3n) is 3.04. The van der Waals surface area contributed by atoms with E-state index in [0.717, 1.165) is 11.3 Å². The van der Waals surface area contributed by atoms with Crippen molar-refractivity contribution in [3.63, 3.8) is 0 Å². The number of allylic oxidation sites excluding steroid dienone is 2. The average Bonchev–Trinajstić information content (AvgIpc) is 2.47. The third-order valence-corrected chi connectivity index (χ3v) is 3.04. The van der Waals surface area contributed by atoms with Crippen molar-refractivity contribution in [1.29, 1.82) is 0 Å². The fourth-order valence-electron chi connectivity index (χ4n) is 1.88. The molecule has 4 heteroatoms. The molecular weight excluding hydrogens is 478 g/mol. The van der Waals surface area contributed by atoms with Gasteiger partial charge < -0.3 is 10.1 Å². The molecular formula is C20H25IrNO2. The Morgan fingerprint density at radius 3 is 2.17 bits per heavy atom. The molecule has 2 rings (SSSR count). The normalized spacial score (nSPS) is 11.0. The second-order valence-electron chi connectivity index (χ2n) is 6.38. The summed E-state index contributed by atoms with van der Waals surface area (Å²) >= 11 is 0. The van der Waals surface area contributed by atoms with Crippen LogP contribution in [0, 0.1) is 6.07 Å². The number of aromatic nitrogens is 1. The molecule has 131 valence electrons. The molecule has 0 aliphatic carbocycles. The van der Waals surface area contributed by atoms with Crippen molar-refractivity contribution < 1.29 is 30.0 Å². The van der Waals surface area contributed by atoms with Gasteiger partial charge in [0.25, 0.3) is 0 Å². The molecule has 3 nitrogen and oxygen atoms in total. The van der Waals surface area contributed by atoms with Crippen LogP contribution in [-0.4, -0.2) is 20.7 Å². The van der Waals surface area contributed by atoms with Crippen LogP contribution in [0.5, 0.6) is 0 Å². The minimum absolute atomic E-state index is 0. The number of carbonyl (C=O) groups excluding carboxylic acids is 1. The van der Waals surface area contributed by atoms with Gasteiger partial charge in [0, 0.05) is 26.3 Å². The Bertz CT molecular complexity index is 652. The van der Waals surface area contributed by atoms with E-state index in [1.54, 1.807) is 6.20 Å². The molecule has 0 amide bonds. The number of pyridine rings is 1. The molecule has 1 aromatic carbocycles. The zero-order chi connectivity index (χ0) is 17.5. The summed E-state index contributed by atoms with van der Waals surface area (Å²) in [7, 11) is 0. The van der Waals surface area contributed by atoms with Crippen LogP contribution < -0.4 is 0 Å². The Morgan fingerprint density at radius 2 is 1.83 bits per heavy atom. The predicted molar refractivity (Wildman–Crippen MR) is 96.2 cm³/mol. The smallest absolute Gasteiger partial charge is 0.316 e. The van der Waals surface area contributed by atoms with E-state index in [2.05, 4.69) is 50.0 Å². The molecule has 24 heavy (non-hydrogen) atoms. The minimum atomic E-state index is 0. The van der Waals surface area contributed by atoms with Gasteiger partial charge in [-0.3, -0.25) is 4.79 Å². The van der Waals surface area contributed by atoms with Crippen molar-refractivity contribution in [3.05, 3.63) is 66.1 Å². The molecule has 0 saturated heterocycles. The summed E-state index contributed by atoms with van der Waals surface area (Å²) in [6.07, 6.45) is 3.08. The van der Waals surface area contributed by atoms with Gasteiger partial charge in [-0.25, -0.2) is 0 Å².